The molecule has 0 spiro atoms. The highest BCUT2D eigenvalue weighted by molar-refractivity contribution is 6.50. The summed E-state index contributed by atoms with van der Waals surface area (Å²) in [5.41, 5.74) is 10.9. The van der Waals surface area contributed by atoms with Crippen molar-refractivity contribution < 1.29 is 26.7 Å². The first-order valence-electron chi connectivity index (χ1n) is 19.0. The second kappa shape index (κ2) is 13.8. The van der Waals surface area contributed by atoms with Gasteiger partial charge in [-0.2, -0.15) is 0 Å². The normalized spacial score (nSPS) is 20.3. The van der Waals surface area contributed by atoms with Crippen LogP contribution in [0.4, 0.5) is 23.0 Å². The zero-order valence-electron chi connectivity index (χ0n) is 31.5. The fourth-order valence-electron chi connectivity index (χ4n) is 8.44. The molecule has 8 rings (SSSR count). The third-order valence-corrected chi connectivity index (χ3v) is 10.8. The Balaban J connectivity index is 0.000000789. The summed E-state index contributed by atoms with van der Waals surface area (Å²) in [5.74, 6) is 4.28. The van der Waals surface area contributed by atoms with E-state index < -0.39 is 7.25 Å². The van der Waals surface area contributed by atoms with E-state index in [1.165, 1.54) is 107 Å². The summed E-state index contributed by atoms with van der Waals surface area (Å²) in [7, 11) is -6.00. The van der Waals surface area contributed by atoms with Gasteiger partial charge in [0.25, 0.3) is 0 Å². The van der Waals surface area contributed by atoms with Gasteiger partial charge in [-0.25, -0.2) is 4.58 Å². The third-order valence-electron chi connectivity index (χ3n) is 10.8. The maximum atomic E-state index is 9.75. The van der Waals surface area contributed by atoms with E-state index in [2.05, 4.69) is 106 Å². The van der Waals surface area contributed by atoms with Crippen LogP contribution in [0.5, 0.6) is 11.5 Å². The molecule has 6 aliphatic heterocycles. The van der Waals surface area contributed by atoms with Gasteiger partial charge in [-0.05, 0) is 79.5 Å². The van der Waals surface area contributed by atoms with Crippen molar-refractivity contribution in [2.24, 2.45) is 10.8 Å². The molecule has 0 saturated heterocycles. The number of fused-ring (bicyclic) bond motifs is 4. The van der Waals surface area contributed by atoms with Gasteiger partial charge in [0.05, 0.1) is 5.56 Å². The van der Waals surface area contributed by atoms with Crippen LogP contribution in [0, 0.1) is 10.8 Å². The number of hydrogen-bond donors (Lipinski definition) is 0. The highest BCUT2D eigenvalue weighted by Gasteiger charge is 2.34. The van der Waals surface area contributed by atoms with Crippen molar-refractivity contribution >= 4 is 24.1 Å². The van der Waals surface area contributed by atoms with Crippen molar-refractivity contribution in [1.29, 1.82) is 0 Å². The summed E-state index contributed by atoms with van der Waals surface area (Å²) in [6, 6.07) is 4.86. The molecule has 0 aliphatic carbocycles. The van der Waals surface area contributed by atoms with E-state index in [9.17, 15) is 17.3 Å². The van der Waals surface area contributed by atoms with Crippen LogP contribution < -0.4 is 29.5 Å². The minimum Gasteiger partial charge on any atom is -0.460 e. The van der Waals surface area contributed by atoms with Gasteiger partial charge < -0.3 is 31.6 Å². The lowest BCUT2D eigenvalue weighted by molar-refractivity contribution is 0.286. The lowest BCUT2D eigenvalue weighted by Gasteiger charge is -2.40. The first kappa shape index (κ1) is 36.4. The van der Waals surface area contributed by atoms with Crippen molar-refractivity contribution in [1.82, 2.24) is 4.58 Å². The van der Waals surface area contributed by atoms with E-state index in [-0.39, 0.29) is 10.8 Å². The number of halogens is 4. The maximum Gasteiger partial charge on any atom is 0.673 e. The van der Waals surface area contributed by atoms with Gasteiger partial charge in [0.2, 0.25) is 5.36 Å². The molecule has 0 bridgehead atoms. The smallest absolute Gasteiger partial charge is 0.460 e. The molecule has 0 atom stereocenters. The molecule has 0 radical (unpaired) electrons. The van der Waals surface area contributed by atoms with Crippen LogP contribution in [0.15, 0.2) is 66.2 Å². The van der Waals surface area contributed by atoms with Crippen molar-refractivity contribution in [3.63, 3.8) is 0 Å². The SMILES string of the molecule is CC(C)(C)C1=C\C(=C/C=C/C=C/C2=c3cc4c5c(c3OC(C(C)(C)C)=C2)CCC[N+]=5CCC4)c2cc3c4c(c2O1)CCCN4CCC3.F[B-](F)(F)F. The minimum absolute atomic E-state index is 0.0723. The predicted octanol–water partition coefficient (Wildman–Crippen LogP) is 9.06. The van der Waals surface area contributed by atoms with Crippen LogP contribution >= 0.6 is 0 Å². The topological polar surface area (TPSA) is 24.7 Å². The van der Waals surface area contributed by atoms with E-state index in [1.807, 2.05) is 0 Å². The van der Waals surface area contributed by atoms with Crippen LogP contribution in [0.3, 0.4) is 0 Å². The average Bonchev–Trinajstić information content (AvgIpc) is 3.07. The first-order chi connectivity index (χ1) is 24.6. The molecule has 4 nitrogen and oxygen atoms in total. The Labute approximate surface area is 305 Å². The van der Waals surface area contributed by atoms with Crippen LogP contribution in [-0.2, 0) is 25.7 Å². The number of allylic oxidation sites excluding steroid dienone is 10. The number of hydrogen-bond acceptors (Lipinski definition) is 3. The molecule has 0 aromatic heterocycles. The standard InChI is InChI=1S/C43H51N2O2.BF4/c1-42(2,3)36-26-28(34-24-30-16-10-20-44-22-12-18-32(38(30)44)40(34)46-36)14-8-7-9-15-29-27-37(43(4,5)6)47-41-33-19-13-23-45-21-11-17-31(39(33)45)25-35(29)41;2-1(3,4)5/h7-9,14-15,24-27H,10-13,16-23H2,1-6H3;/q+1;-1. The predicted molar refractivity (Wildman–Crippen MR) is 205 cm³/mol. The Morgan fingerprint density at radius 3 is 2.04 bits per heavy atom. The highest BCUT2D eigenvalue weighted by Crippen LogP contribution is 2.49. The van der Waals surface area contributed by atoms with Gasteiger partial charge in [0.15, 0.2) is 0 Å². The largest absolute Gasteiger partial charge is 0.673 e. The summed E-state index contributed by atoms with van der Waals surface area (Å²) in [6.07, 6.45) is 25.1. The molecule has 2 aromatic rings. The van der Waals surface area contributed by atoms with Gasteiger partial charge in [0, 0.05) is 64.4 Å². The lowest BCUT2D eigenvalue weighted by atomic mass is 9.84. The number of benzene rings is 2. The molecular formula is C43H51BF4N2O2. The molecule has 0 amide bonds. The van der Waals surface area contributed by atoms with Gasteiger partial charge >= 0.3 is 7.25 Å². The van der Waals surface area contributed by atoms with Gasteiger partial charge in [0.1, 0.15) is 36.1 Å². The van der Waals surface area contributed by atoms with Gasteiger partial charge in [-0.1, -0.05) is 71.9 Å². The summed E-state index contributed by atoms with van der Waals surface area (Å²) in [4.78, 5) is 2.61. The molecule has 0 N–H and O–H groups in total. The lowest BCUT2D eigenvalue weighted by Crippen LogP contribution is -2.45. The zero-order valence-corrected chi connectivity index (χ0v) is 31.5. The van der Waals surface area contributed by atoms with Gasteiger partial charge in [-0.15, -0.1) is 0 Å². The molecule has 6 aliphatic rings. The van der Waals surface area contributed by atoms with Gasteiger partial charge in [-0.3, -0.25) is 0 Å². The number of nitrogens with zero attached hydrogens (tertiary/aromatic N) is 2. The molecule has 52 heavy (non-hydrogen) atoms. The van der Waals surface area contributed by atoms with Crippen molar-refractivity contribution in [3.05, 3.63) is 105 Å². The van der Waals surface area contributed by atoms with E-state index in [1.54, 1.807) is 0 Å². The Bertz CT molecular complexity index is 2060. The molecule has 276 valence electrons. The fraction of sp³-hybridized carbons (Fsp3) is 0.465. The van der Waals surface area contributed by atoms with Crippen molar-refractivity contribution in [3.8, 4) is 11.5 Å². The molecule has 0 saturated carbocycles. The summed E-state index contributed by atoms with van der Waals surface area (Å²) in [5, 5.41) is 2.72. The monoisotopic (exact) mass is 714 g/mol. The third kappa shape index (κ3) is 7.42. The second-order valence-electron chi connectivity index (χ2n) is 16.9. The zero-order chi connectivity index (χ0) is 37.0. The summed E-state index contributed by atoms with van der Waals surface area (Å²) in [6.45, 7) is 18.2. The van der Waals surface area contributed by atoms with Crippen molar-refractivity contribution in [2.75, 3.05) is 31.1 Å². The maximum absolute atomic E-state index is 9.75. The van der Waals surface area contributed by atoms with E-state index in [0.717, 1.165) is 48.7 Å². The highest BCUT2D eigenvalue weighted by atomic mass is 19.5. The molecular weight excluding hydrogens is 663 g/mol. The Kier molecular flexibility index (Phi) is 9.62. The summed E-state index contributed by atoms with van der Waals surface area (Å²) < 4.78 is 55.2. The Hall–Kier alpha value is -4.01. The van der Waals surface area contributed by atoms with Crippen LogP contribution in [0.25, 0.3) is 11.1 Å². The number of rotatable bonds is 3. The fourth-order valence-corrected chi connectivity index (χ4v) is 8.44. The molecule has 2 aromatic carbocycles. The average molecular weight is 715 g/mol. The Morgan fingerprint density at radius 2 is 1.33 bits per heavy atom. The number of anilines is 1. The van der Waals surface area contributed by atoms with Crippen LogP contribution in [-0.4, -0.2) is 33.4 Å². The number of aryl methyl sites for hydroxylation is 2. The summed E-state index contributed by atoms with van der Waals surface area (Å²) >= 11 is 0. The molecule has 0 unspecified atom stereocenters. The second-order valence-corrected chi connectivity index (χ2v) is 16.9. The Morgan fingerprint density at radius 1 is 0.712 bits per heavy atom. The first-order valence-corrected chi connectivity index (χ1v) is 19.0. The van der Waals surface area contributed by atoms with E-state index >= 15 is 0 Å². The van der Waals surface area contributed by atoms with E-state index in [0.29, 0.717) is 0 Å². The minimum atomic E-state index is -6.00. The quantitative estimate of drug-likeness (QED) is 0.137. The van der Waals surface area contributed by atoms with Crippen LogP contribution in [0.2, 0.25) is 0 Å². The van der Waals surface area contributed by atoms with Crippen LogP contribution in [0.1, 0.15) is 95.0 Å². The van der Waals surface area contributed by atoms with E-state index in [4.69, 9.17) is 9.47 Å². The molecule has 6 heterocycles. The number of ether oxygens (including phenoxy) is 2. The molecule has 0 fully saturated rings. The molecule has 9 heteroatoms. The van der Waals surface area contributed by atoms with Crippen molar-refractivity contribution in [2.45, 2.75) is 92.9 Å².